The average Bonchev–Trinajstić information content (AvgIpc) is 2.58. The lowest BCUT2D eigenvalue weighted by atomic mass is 10.2. The Morgan fingerprint density at radius 1 is 1.17 bits per heavy atom. The molecule has 0 spiro atoms. The lowest BCUT2D eigenvalue weighted by molar-refractivity contribution is 0.231. The Labute approximate surface area is 164 Å². The number of benzene rings is 1. The zero-order valence-electron chi connectivity index (χ0n) is 15.6. The fourth-order valence-corrected chi connectivity index (χ4v) is 2.56. The fraction of sp³-hybridized carbons (Fsp3) is 0.611. The summed E-state index contributed by atoms with van der Waals surface area (Å²) in [5, 5.41) is 6.73. The number of likely N-dealkylation sites (N-methyl/N-ethyl adjacent to an activating group) is 1. The van der Waals surface area contributed by atoms with E-state index in [1.165, 1.54) is 0 Å². The molecule has 138 valence electrons. The van der Waals surface area contributed by atoms with E-state index in [4.69, 9.17) is 4.74 Å². The molecule has 1 rings (SSSR count). The highest BCUT2D eigenvalue weighted by Gasteiger charge is 2.10. The molecule has 0 amide bonds. The van der Waals surface area contributed by atoms with Gasteiger partial charge in [0.1, 0.15) is 5.75 Å². The Kier molecular flexibility index (Phi) is 12.7. The number of halogens is 1. The van der Waals surface area contributed by atoms with Crippen molar-refractivity contribution < 1.29 is 4.74 Å². The first kappa shape index (κ1) is 23.0. The van der Waals surface area contributed by atoms with Gasteiger partial charge in [-0.2, -0.15) is 0 Å². The first-order valence-corrected chi connectivity index (χ1v) is 8.54. The number of hydrogen-bond donors (Lipinski definition) is 2. The standard InChI is InChI=1S/C18H32N4O.HI/c1-6-19-18(20-13-15(4)22(7-2)8-3)21-14-16-11-9-10-12-17(16)23-5;/h9-12,15H,6-8,13-14H2,1-5H3,(H2,19,20,21);1H. The quantitative estimate of drug-likeness (QED) is 0.346. The van der Waals surface area contributed by atoms with Crippen LogP contribution in [0.5, 0.6) is 5.75 Å². The van der Waals surface area contributed by atoms with E-state index in [0.717, 1.165) is 43.5 Å². The van der Waals surface area contributed by atoms with Crippen LogP contribution in [0.4, 0.5) is 0 Å². The SMILES string of the molecule is CCNC(=NCc1ccccc1OC)NCC(C)N(CC)CC.I. The molecule has 1 aromatic carbocycles. The highest BCUT2D eigenvalue weighted by molar-refractivity contribution is 14.0. The maximum absolute atomic E-state index is 5.38. The molecule has 5 nitrogen and oxygen atoms in total. The van der Waals surface area contributed by atoms with Gasteiger partial charge in [0.05, 0.1) is 13.7 Å². The molecule has 2 N–H and O–H groups in total. The molecule has 1 aromatic rings. The zero-order chi connectivity index (χ0) is 17.1. The Bertz CT molecular complexity index is 478. The summed E-state index contributed by atoms with van der Waals surface area (Å²) in [6, 6.07) is 8.47. The van der Waals surface area contributed by atoms with E-state index in [1.54, 1.807) is 7.11 Å². The summed E-state index contributed by atoms with van der Waals surface area (Å²) in [7, 11) is 1.69. The highest BCUT2D eigenvalue weighted by atomic mass is 127. The summed E-state index contributed by atoms with van der Waals surface area (Å²) in [4.78, 5) is 7.10. The van der Waals surface area contributed by atoms with Gasteiger partial charge in [-0.25, -0.2) is 4.99 Å². The van der Waals surface area contributed by atoms with Gasteiger partial charge in [-0.3, -0.25) is 4.90 Å². The van der Waals surface area contributed by atoms with Crippen LogP contribution in [-0.2, 0) is 6.54 Å². The van der Waals surface area contributed by atoms with Crippen LogP contribution < -0.4 is 15.4 Å². The number of rotatable bonds is 9. The topological polar surface area (TPSA) is 48.9 Å². The third-order valence-electron chi connectivity index (χ3n) is 3.94. The molecular weight excluding hydrogens is 415 g/mol. The molecule has 0 fully saturated rings. The van der Waals surface area contributed by atoms with E-state index in [2.05, 4.69) is 48.2 Å². The van der Waals surface area contributed by atoms with Crippen molar-refractivity contribution in [3.63, 3.8) is 0 Å². The van der Waals surface area contributed by atoms with E-state index in [0.29, 0.717) is 12.6 Å². The van der Waals surface area contributed by atoms with Crippen molar-refractivity contribution in [1.82, 2.24) is 15.5 Å². The van der Waals surface area contributed by atoms with Gasteiger partial charge in [0.15, 0.2) is 5.96 Å². The van der Waals surface area contributed by atoms with Gasteiger partial charge in [0, 0.05) is 24.7 Å². The first-order valence-electron chi connectivity index (χ1n) is 8.54. The van der Waals surface area contributed by atoms with E-state index in [9.17, 15) is 0 Å². The second-order valence-corrected chi connectivity index (χ2v) is 5.46. The van der Waals surface area contributed by atoms with E-state index in [1.807, 2.05) is 24.3 Å². The molecule has 0 aromatic heterocycles. The fourth-order valence-electron chi connectivity index (χ4n) is 2.56. The number of guanidine groups is 1. The first-order chi connectivity index (χ1) is 11.2. The Balaban J connectivity index is 0.00000529. The smallest absolute Gasteiger partial charge is 0.191 e. The van der Waals surface area contributed by atoms with Crippen LogP contribution in [0, 0.1) is 0 Å². The number of nitrogens with one attached hydrogen (secondary N) is 2. The van der Waals surface area contributed by atoms with Crippen molar-refractivity contribution in [2.24, 2.45) is 4.99 Å². The maximum Gasteiger partial charge on any atom is 0.191 e. The molecule has 0 aliphatic heterocycles. The van der Waals surface area contributed by atoms with E-state index >= 15 is 0 Å². The van der Waals surface area contributed by atoms with Crippen LogP contribution in [-0.4, -0.2) is 50.2 Å². The van der Waals surface area contributed by atoms with Crippen LogP contribution in [0.1, 0.15) is 33.3 Å². The molecule has 0 heterocycles. The molecule has 0 radical (unpaired) electrons. The van der Waals surface area contributed by atoms with Gasteiger partial charge in [0.2, 0.25) is 0 Å². The van der Waals surface area contributed by atoms with E-state index in [-0.39, 0.29) is 24.0 Å². The van der Waals surface area contributed by atoms with Gasteiger partial charge < -0.3 is 15.4 Å². The monoisotopic (exact) mass is 448 g/mol. The largest absolute Gasteiger partial charge is 0.496 e. The molecule has 0 aliphatic carbocycles. The summed E-state index contributed by atoms with van der Waals surface area (Å²) in [6.07, 6.45) is 0. The number of para-hydroxylation sites is 1. The third-order valence-corrected chi connectivity index (χ3v) is 3.94. The zero-order valence-corrected chi connectivity index (χ0v) is 18.0. The van der Waals surface area contributed by atoms with Gasteiger partial charge >= 0.3 is 0 Å². The third kappa shape index (κ3) is 7.70. The number of ether oxygens (including phenoxy) is 1. The molecule has 0 aliphatic rings. The van der Waals surface area contributed by atoms with Crippen LogP contribution in [0.15, 0.2) is 29.3 Å². The van der Waals surface area contributed by atoms with Crippen LogP contribution in [0.2, 0.25) is 0 Å². The van der Waals surface area contributed by atoms with E-state index < -0.39 is 0 Å². The van der Waals surface area contributed by atoms with Gasteiger partial charge in [0.25, 0.3) is 0 Å². The molecule has 0 saturated heterocycles. The van der Waals surface area contributed by atoms with Crippen molar-refractivity contribution in [2.75, 3.05) is 33.3 Å². The second-order valence-electron chi connectivity index (χ2n) is 5.46. The minimum atomic E-state index is 0. The molecule has 6 heteroatoms. The number of methoxy groups -OCH3 is 1. The maximum atomic E-state index is 5.38. The predicted molar refractivity (Wildman–Crippen MR) is 114 cm³/mol. The Morgan fingerprint density at radius 3 is 2.42 bits per heavy atom. The summed E-state index contributed by atoms with van der Waals surface area (Å²) >= 11 is 0. The van der Waals surface area contributed by atoms with Crippen molar-refractivity contribution in [3.05, 3.63) is 29.8 Å². The van der Waals surface area contributed by atoms with Crippen molar-refractivity contribution in [3.8, 4) is 5.75 Å². The second kappa shape index (κ2) is 13.3. The molecule has 1 atom stereocenters. The number of hydrogen-bond acceptors (Lipinski definition) is 3. The minimum absolute atomic E-state index is 0. The van der Waals surface area contributed by atoms with Crippen LogP contribution in [0.3, 0.4) is 0 Å². The average molecular weight is 448 g/mol. The highest BCUT2D eigenvalue weighted by Crippen LogP contribution is 2.17. The lowest BCUT2D eigenvalue weighted by Gasteiger charge is -2.27. The summed E-state index contributed by atoms with van der Waals surface area (Å²) in [5.74, 6) is 1.72. The number of nitrogens with zero attached hydrogens (tertiary/aromatic N) is 2. The van der Waals surface area contributed by atoms with Crippen LogP contribution in [0.25, 0.3) is 0 Å². The minimum Gasteiger partial charge on any atom is -0.496 e. The summed E-state index contributed by atoms with van der Waals surface area (Å²) in [6.45, 7) is 13.2. The normalized spacial score (nSPS) is 12.5. The molecule has 24 heavy (non-hydrogen) atoms. The Hall–Kier alpha value is -1.02. The number of aliphatic imine (C=N–C) groups is 1. The lowest BCUT2D eigenvalue weighted by Crippen LogP contribution is -2.45. The molecule has 0 saturated carbocycles. The summed E-state index contributed by atoms with van der Waals surface area (Å²) in [5.41, 5.74) is 1.09. The summed E-state index contributed by atoms with van der Waals surface area (Å²) < 4.78 is 5.38. The molecular formula is C18H33IN4O. The Morgan fingerprint density at radius 2 is 1.83 bits per heavy atom. The van der Waals surface area contributed by atoms with Crippen LogP contribution >= 0.6 is 24.0 Å². The van der Waals surface area contributed by atoms with Gasteiger partial charge in [-0.15, -0.1) is 24.0 Å². The van der Waals surface area contributed by atoms with Crippen molar-refractivity contribution >= 4 is 29.9 Å². The van der Waals surface area contributed by atoms with Crippen molar-refractivity contribution in [1.29, 1.82) is 0 Å². The molecule has 0 bridgehead atoms. The predicted octanol–water partition coefficient (Wildman–Crippen LogP) is 3.10. The van der Waals surface area contributed by atoms with Gasteiger partial charge in [-0.1, -0.05) is 32.0 Å². The molecule has 1 unspecified atom stereocenters. The van der Waals surface area contributed by atoms with Crippen molar-refractivity contribution in [2.45, 2.75) is 40.3 Å². The van der Waals surface area contributed by atoms with Gasteiger partial charge in [-0.05, 0) is 33.0 Å².